The Labute approximate surface area is 182 Å². The molecule has 0 aliphatic carbocycles. The van der Waals surface area contributed by atoms with Crippen LogP contribution in [0.1, 0.15) is 17.9 Å². The molecule has 3 aromatic rings. The van der Waals surface area contributed by atoms with Crippen LogP contribution < -0.4 is 5.32 Å². The van der Waals surface area contributed by atoms with Gasteiger partial charge in [0.1, 0.15) is 0 Å². The number of hydrogen-bond acceptors (Lipinski definition) is 7. The van der Waals surface area contributed by atoms with Gasteiger partial charge in [-0.3, -0.25) is 19.6 Å². The number of benzene rings is 1. The second kappa shape index (κ2) is 10.8. The molecule has 1 amide bonds. The van der Waals surface area contributed by atoms with E-state index in [0.717, 1.165) is 44.8 Å². The molecule has 8 heteroatoms. The average Bonchev–Trinajstić information content (AvgIpc) is 3.29. The van der Waals surface area contributed by atoms with E-state index in [2.05, 4.69) is 60.6 Å². The largest absolute Gasteiger partial charge is 0.355 e. The van der Waals surface area contributed by atoms with E-state index in [1.54, 1.807) is 12.4 Å². The SMILES string of the molecule is O=C(CCc1nc(-c2ccncc2)no1)NCCN1CCN(Cc2ccccc2)CC1. The van der Waals surface area contributed by atoms with E-state index >= 15 is 0 Å². The lowest BCUT2D eigenvalue weighted by atomic mass is 10.2. The fourth-order valence-electron chi connectivity index (χ4n) is 3.65. The number of pyridine rings is 1. The van der Waals surface area contributed by atoms with Crippen molar-refractivity contribution < 1.29 is 9.32 Å². The number of hydrogen-bond donors (Lipinski definition) is 1. The van der Waals surface area contributed by atoms with Crippen molar-refractivity contribution in [2.45, 2.75) is 19.4 Å². The summed E-state index contributed by atoms with van der Waals surface area (Å²) in [6.07, 6.45) is 4.13. The maximum Gasteiger partial charge on any atom is 0.227 e. The van der Waals surface area contributed by atoms with Crippen LogP contribution in [0, 0.1) is 0 Å². The van der Waals surface area contributed by atoms with Gasteiger partial charge in [-0.05, 0) is 17.7 Å². The Morgan fingerprint density at radius 2 is 1.74 bits per heavy atom. The standard InChI is InChI=1S/C23H28N6O2/c30-21(6-7-22-26-23(27-31-22)20-8-10-24-11-9-20)25-12-13-28-14-16-29(17-15-28)18-19-4-2-1-3-5-19/h1-5,8-11H,6-7,12-18H2,(H,25,30). The lowest BCUT2D eigenvalue weighted by Crippen LogP contribution is -2.48. The van der Waals surface area contributed by atoms with Gasteiger partial charge in [-0.15, -0.1) is 0 Å². The molecule has 0 bridgehead atoms. The molecular weight excluding hydrogens is 392 g/mol. The Morgan fingerprint density at radius 3 is 2.52 bits per heavy atom. The van der Waals surface area contributed by atoms with Crippen molar-refractivity contribution in [3.63, 3.8) is 0 Å². The van der Waals surface area contributed by atoms with Crippen molar-refractivity contribution in [1.29, 1.82) is 0 Å². The normalized spacial score (nSPS) is 15.1. The molecule has 1 saturated heterocycles. The minimum atomic E-state index is 0.00590. The summed E-state index contributed by atoms with van der Waals surface area (Å²) in [4.78, 5) is 25.4. The van der Waals surface area contributed by atoms with Crippen LogP contribution >= 0.6 is 0 Å². The van der Waals surface area contributed by atoms with E-state index < -0.39 is 0 Å². The molecule has 162 valence electrons. The first kappa shape index (κ1) is 21.1. The highest BCUT2D eigenvalue weighted by Gasteiger charge is 2.17. The number of nitrogens with zero attached hydrogens (tertiary/aromatic N) is 5. The molecule has 0 radical (unpaired) electrons. The maximum absolute atomic E-state index is 12.2. The van der Waals surface area contributed by atoms with Crippen LogP contribution in [0.4, 0.5) is 0 Å². The third-order valence-electron chi connectivity index (χ3n) is 5.44. The van der Waals surface area contributed by atoms with Gasteiger partial charge >= 0.3 is 0 Å². The molecule has 3 heterocycles. The quantitative estimate of drug-likeness (QED) is 0.566. The molecule has 1 aromatic carbocycles. The smallest absolute Gasteiger partial charge is 0.227 e. The summed E-state index contributed by atoms with van der Waals surface area (Å²) in [5.74, 6) is 0.993. The van der Waals surface area contributed by atoms with Gasteiger partial charge in [-0.2, -0.15) is 4.98 Å². The van der Waals surface area contributed by atoms with Crippen LogP contribution in [0.3, 0.4) is 0 Å². The molecule has 2 aromatic heterocycles. The van der Waals surface area contributed by atoms with Gasteiger partial charge in [-0.1, -0.05) is 35.5 Å². The Kier molecular flexibility index (Phi) is 7.36. The molecule has 1 N–H and O–H groups in total. The molecule has 0 atom stereocenters. The number of aryl methyl sites for hydroxylation is 1. The van der Waals surface area contributed by atoms with E-state index in [-0.39, 0.29) is 5.91 Å². The fourth-order valence-corrected chi connectivity index (χ4v) is 3.65. The zero-order chi connectivity index (χ0) is 21.3. The summed E-state index contributed by atoms with van der Waals surface area (Å²) in [6, 6.07) is 14.2. The van der Waals surface area contributed by atoms with Gasteiger partial charge < -0.3 is 9.84 Å². The van der Waals surface area contributed by atoms with Crippen LogP contribution in [0.25, 0.3) is 11.4 Å². The number of amides is 1. The second-order valence-corrected chi connectivity index (χ2v) is 7.70. The summed E-state index contributed by atoms with van der Waals surface area (Å²) in [7, 11) is 0. The first-order valence-corrected chi connectivity index (χ1v) is 10.7. The van der Waals surface area contributed by atoms with Gasteiger partial charge in [0, 0.05) is 76.6 Å². The van der Waals surface area contributed by atoms with Gasteiger partial charge in [0.05, 0.1) is 0 Å². The first-order valence-electron chi connectivity index (χ1n) is 10.7. The number of rotatable bonds is 9. The van der Waals surface area contributed by atoms with Crippen LogP contribution in [-0.4, -0.2) is 70.1 Å². The van der Waals surface area contributed by atoms with E-state index in [0.29, 0.717) is 31.1 Å². The third-order valence-corrected chi connectivity index (χ3v) is 5.44. The Bertz CT molecular complexity index is 939. The van der Waals surface area contributed by atoms with Crippen molar-refractivity contribution >= 4 is 5.91 Å². The molecule has 8 nitrogen and oxygen atoms in total. The number of carbonyl (C=O) groups excluding carboxylic acids is 1. The molecular formula is C23H28N6O2. The predicted molar refractivity (Wildman–Crippen MR) is 117 cm³/mol. The number of carbonyl (C=O) groups is 1. The highest BCUT2D eigenvalue weighted by molar-refractivity contribution is 5.76. The van der Waals surface area contributed by atoms with E-state index in [4.69, 9.17) is 4.52 Å². The zero-order valence-corrected chi connectivity index (χ0v) is 17.6. The number of nitrogens with one attached hydrogen (secondary N) is 1. The molecule has 1 aliphatic rings. The van der Waals surface area contributed by atoms with E-state index in [1.807, 2.05) is 12.1 Å². The highest BCUT2D eigenvalue weighted by atomic mass is 16.5. The Hall–Kier alpha value is -3.10. The fraction of sp³-hybridized carbons (Fsp3) is 0.391. The van der Waals surface area contributed by atoms with Gasteiger partial charge in [0.25, 0.3) is 0 Å². The summed E-state index contributed by atoms with van der Waals surface area (Å²) in [6.45, 7) is 6.70. The minimum absolute atomic E-state index is 0.00590. The number of piperazine rings is 1. The first-order chi connectivity index (χ1) is 15.3. The zero-order valence-electron chi connectivity index (χ0n) is 17.6. The van der Waals surface area contributed by atoms with Crippen molar-refractivity contribution in [3.05, 3.63) is 66.3 Å². The van der Waals surface area contributed by atoms with Crippen molar-refractivity contribution in [1.82, 2.24) is 30.2 Å². The third kappa shape index (κ3) is 6.44. The lowest BCUT2D eigenvalue weighted by molar-refractivity contribution is -0.121. The topological polar surface area (TPSA) is 87.4 Å². The summed E-state index contributed by atoms with van der Waals surface area (Å²) in [5.41, 5.74) is 2.20. The summed E-state index contributed by atoms with van der Waals surface area (Å²) in [5, 5.41) is 6.96. The molecule has 31 heavy (non-hydrogen) atoms. The van der Waals surface area contributed by atoms with E-state index in [9.17, 15) is 4.79 Å². The molecule has 0 unspecified atom stereocenters. The molecule has 0 spiro atoms. The highest BCUT2D eigenvalue weighted by Crippen LogP contribution is 2.14. The Balaban J connectivity index is 1.10. The van der Waals surface area contributed by atoms with Crippen LogP contribution in [0.2, 0.25) is 0 Å². The minimum Gasteiger partial charge on any atom is -0.355 e. The van der Waals surface area contributed by atoms with Crippen LogP contribution in [0.15, 0.2) is 59.4 Å². The van der Waals surface area contributed by atoms with Crippen molar-refractivity contribution in [3.8, 4) is 11.4 Å². The van der Waals surface area contributed by atoms with Crippen LogP contribution in [-0.2, 0) is 17.8 Å². The van der Waals surface area contributed by atoms with Gasteiger partial charge in [-0.25, -0.2) is 0 Å². The Morgan fingerprint density at radius 1 is 1.00 bits per heavy atom. The van der Waals surface area contributed by atoms with E-state index in [1.165, 1.54) is 5.56 Å². The molecule has 4 rings (SSSR count). The van der Waals surface area contributed by atoms with Gasteiger partial charge in [0.2, 0.25) is 17.6 Å². The maximum atomic E-state index is 12.2. The summed E-state index contributed by atoms with van der Waals surface area (Å²) >= 11 is 0. The monoisotopic (exact) mass is 420 g/mol. The predicted octanol–water partition coefficient (Wildman–Crippen LogP) is 2.00. The number of aromatic nitrogens is 3. The second-order valence-electron chi connectivity index (χ2n) is 7.70. The van der Waals surface area contributed by atoms with Crippen LogP contribution in [0.5, 0.6) is 0 Å². The molecule has 0 saturated carbocycles. The van der Waals surface area contributed by atoms with Gasteiger partial charge in [0.15, 0.2) is 0 Å². The summed E-state index contributed by atoms with van der Waals surface area (Å²) < 4.78 is 5.25. The van der Waals surface area contributed by atoms with Crippen molar-refractivity contribution in [2.75, 3.05) is 39.3 Å². The lowest BCUT2D eigenvalue weighted by Gasteiger charge is -2.34. The molecule has 1 fully saturated rings. The molecule has 1 aliphatic heterocycles. The average molecular weight is 421 g/mol. The van der Waals surface area contributed by atoms with Crippen molar-refractivity contribution in [2.24, 2.45) is 0 Å².